The van der Waals surface area contributed by atoms with Crippen LogP contribution in [0.15, 0.2) is 30.6 Å². The van der Waals surface area contributed by atoms with E-state index in [9.17, 15) is 4.79 Å². The summed E-state index contributed by atoms with van der Waals surface area (Å²) in [7, 11) is 0. The average molecular weight is 282 g/mol. The number of carbonyl (C=O) groups excluding carboxylic acids is 1. The van der Waals surface area contributed by atoms with Crippen molar-refractivity contribution >= 4 is 5.91 Å². The highest BCUT2D eigenvalue weighted by Gasteiger charge is 2.29. The lowest BCUT2D eigenvalue weighted by Gasteiger charge is -2.31. The summed E-state index contributed by atoms with van der Waals surface area (Å²) in [5, 5.41) is 6.34. The zero-order valence-corrected chi connectivity index (χ0v) is 11.7. The van der Waals surface area contributed by atoms with Gasteiger partial charge >= 0.3 is 0 Å². The van der Waals surface area contributed by atoms with Crippen LogP contribution in [0.25, 0.3) is 0 Å². The number of hydrogen-bond donors (Lipinski definition) is 3. The van der Waals surface area contributed by atoms with Crippen molar-refractivity contribution in [2.75, 3.05) is 6.54 Å². The zero-order valence-electron chi connectivity index (χ0n) is 11.7. The smallest absolute Gasteiger partial charge is 0.237 e. The zero-order chi connectivity index (χ0) is 14.2. The fraction of sp³-hybridized carbons (Fsp3) is 0.375. The van der Waals surface area contributed by atoms with Crippen molar-refractivity contribution in [2.24, 2.45) is 0 Å². The van der Waals surface area contributed by atoms with Crippen LogP contribution < -0.4 is 10.6 Å². The molecule has 2 heterocycles. The third-order valence-electron chi connectivity index (χ3n) is 4.53. The van der Waals surface area contributed by atoms with Gasteiger partial charge in [0.15, 0.2) is 0 Å². The van der Waals surface area contributed by atoms with E-state index in [4.69, 9.17) is 0 Å². The van der Waals surface area contributed by atoms with Gasteiger partial charge < -0.3 is 10.3 Å². The largest absolute Gasteiger partial charge is 0.354 e. The molecule has 0 saturated heterocycles. The molecular weight excluding hydrogens is 264 g/mol. The van der Waals surface area contributed by atoms with Gasteiger partial charge in [0, 0.05) is 25.4 Å². The second-order valence-corrected chi connectivity index (χ2v) is 5.81. The van der Waals surface area contributed by atoms with Crippen LogP contribution in [0.2, 0.25) is 0 Å². The van der Waals surface area contributed by atoms with Gasteiger partial charge in [0.05, 0.1) is 23.8 Å². The molecule has 2 aliphatic rings. The maximum absolute atomic E-state index is 12.3. The van der Waals surface area contributed by atoms with Crippen LogP contribution in [-0.2, 0) is 24.2 Å². The van der Waals surface area contributed by atoms with E-state index < -0.39 is 0 Å². The molecule has 5 nitrogen and oxygen atoms in total. The molecule has 1 amide bonds. The highest BCUT2D eigenvalue weighted by atomic mass is 16.2. The highest BCUT2D eigenvalue weighted by molar-refractivity contribution is 5.82. The number of fused-ring (bicyclic) bond motifs is 2. The Balaban J connectivity index is 1.34. The Morgan fingerprint density at radius 2 is 2.24 bits per heavy atom. The third-order valence-corrected chi connectivity index (χ3v) is 4.53. The molecule has 2 aromatic rings. The molecule has 2 atom stereocenters. The Bertz CT molecular complexity index is 678. The van der Waals surface area contributed by atoms with Crippen LogP contribution in [0.3, 0.4) is 0 Å². The lowest BCUT2D eigenvalue weighted by atomic mass is 9.77. The average Bonchev–Trinajstić information content (AvgIpc) is 2.95. The molecule has 4 rings (SSSR count). The van der Waals surface area contributed by atoms with E-state index in [2.05, 4.69) is 44.9 Å². The fourth-order valence-electron chi connectivity index (χ4n) is 3.25. The molecule has 2 unspecified atom stereocenters. The van der Waals surface area contributed by atoms with Crippen molar-refractivity contribution in [1.82, 2.24) is 20.6 Å². The van der Waals surface area contributed by atoms with E-state index in [1.54, 1.807) is 6.33 Å². The first-order valence-electron chi connectivity index (χ1n) is 7.41. The molecule has 5 heteroatoms. The van der Waals surface area contributed by atoms with Crippen LogP contribution in [0.5, 0.6) is 0 Å². The quantitative estimate of drug-likeness (QED) is 0.783. The summed E-state index contributed by atoms with van der Waals surface area (Å²) in [6.07, 6.45) is 3.42. The lowest BCUT2D eigenvalue weighted by molar-refractivity contribution is -0.123. The standard InChI is InChI=1S/C16H18N4O/c21-16(14-6-13-15(8-17-14)20-9-19-13)18-7-11-5-10-3-1-2-4-12(10)11/h1-4,9,11,14,17H,5-8H2,(H,18,21)(H,19,20). The van der Waals surface area contributed by atoms with Crippen molar-refractivity contribution in [3.63, 3.8) is 0 Å². The Hall–Kier alpha value is -2.14. The first-order valence-corrected chi connectivity index (χ1v) is 7.41. The number of imidazole rings is 1. The predicted molar refractivity (Wildman–Crippen MR) is 78.8 cm³/mol. The van der Waals surface area contributed by atoms with E-state index in [1.165, 1.54) is 11.1 Å². The molecule has 0 fully saturated rings. The van der Waals surface area contributed by atoms with E-state index in [1.807, 2.05) is 0 Å². The minimum atomic E-state index is -0.170. The summed E-state index contributed by atoms with van der Waals surface area (Å²) in [6, 6.07) is 8.28. The Morgan fingerprint density at radius 1 is 1.33 bits per heavy atom. The highest BCUT2D eigenvalue weighted by Crippen LogP contribution is 2.33. The molecule has 1 aromatic heterocycles. The summed E-state index contributed by atoms with van der Waals surface area (Å²) in [4.78, 5) is 19.6. The van der Waals surface area contributed by atoms with Gasteiger partial charge in [-0.1, -0.05) is 24.3 Å². The molecule has 0 saturated carbocycles. The predicted octanol–water partition coefficient (Wildman–Crippen LogP) is 0.880. The molecule has 0 spiro atoms. The number of benzene rings is 1. The first-order chi connectivity index (χ1) is 10.3. The number of aromatic amines is 1. The normalized spacial score (nSPS) is 22.9. The summed E-state index contributed by atoms with van der Waals surface area (Å²) < 4.78 is 0. The van der Waals surface area contributed by atoms with Crippen molar-refractivity contribution in [2.45, 2.75) is 31.3 Å². The lowest BCUT2D eigenvalue weighted by Crippen LogP contribution is -2.49. The van der Waals surface area contributed by atoms with Gasteiger partial charge in [-0.3, -0.25) is 10.1 Å². The second-order valence-electron chi connectivity index (χ2n) is 5.81. The summed E-state index contributed by atoms with van der Waals surface area (Å²) in [5.41, 5.74) is 4.88. The molecule has 0 bridgehead atoms. The summed E-state index contributed by atoms with van der Waals surface area (Å²) >= 11 is 0. The minimum Gasteiger partial charge on any atom is -0.354 e. The van der Waals surface area contributed by atoms with Crippen LogP contribution in [0, 0.1) is 0 Å². The summed E-state index contributed by atoms with van der Waals surface area (Å²) in [6.45, 7) is 1.40. The van der Waals surface area contributed by atoms with Gasteiger partial charge in [0.2, 0.25) is 5.91 Å². The Labute approximate surface area is 123 Å². The molecular formula is C16H18N4O. The maximum atomic E-state index is 12.3. The molecule has 108 valence electrons. The van der Waals surface area contributed by atoms with E-state index in [0.29, 0.717) is 18.9 Å². The minimum absolute atomic E-state index is 0.0769. The van der Waals surface area contributed by atoms with Crippen LogP contribution >= 0.6 is 0 Å². The fourth-order valence-corrected chi connectivity index (χ4v) is 3.25. The second kappa shape index (κ2) is 5.00. The van der Waals surface area contributed by atoms with Crippen molar-refractivity contribution in [1.29, 1.82) is 0 Å². The molecule has 1 aliphatic heterocycles. The van der Waals surface area contributed by atoms with E-state index >= 15 is 0 Å². The topological polar surface area (TPSA) is 69.8 Å². The van der Waals surface area contributed by atoms with Gasteiger partial charge in [-0.2, -0.15) is 0 Å². The van der Waals surface area contributed by atoms with Gasteiger partial charge in [-0.05, 0) is 17.5 Å². The van der Waals surface area contributed by atoms with Crippen LogP contribution in [0.4, 0.5) is 0 Å². The summed E-state index contributed by atoms with van der Waals surface area (Å²) in [5.74, 6) is 0.544. The first kappa shape index (κ1) is 12.6. The molecule has 1 aromatic carbocycles. The van der Waals surface area contributed by atoms with Gasteiger partial charge in [0.1, 0.15) is 0 Å². The van der Waals surface area contributed by atoms with Gasteiger partial charge in [0.25, 0.3) is 0 Å². The molecule has 3 N–H and O–H groups in total. The number of amides is 1. The number of nitrogens with zero attached hydrogens (tertiary/aromatic N) is 1. The van der Waals surface area contributed by atoms with E-state index in [0.717, 1.165) is 24.4 Å². The van der Waals surface area contributed by atoms with E-state index in [-0.39, 0.29) is 11.9 Å². The molecule has 0 radical (unpaired) electrons. The number of hydrogen-bond acceptors (Lipinski definition) is 3. The molecule has 1 aliphatic carbocycles. The van der Waals surface area contributed by atoms with Crippen molar-refractivity contribution in [3.05, 3.63) is 53.1 Å². The number of nitrogens with one attached hydrogen (secondary N) is 3. The maximum Gasteiger partial charge on any atom is 0.237 e. The SMILES string of the molecule is O=C(NCC1Cc2ccccc21)C1Cc2nc[nH]c2CN1. The number of aromatic nitrogens is 2. The number of rotatable bonds is 3. The number of H-pyrrole nitrogens is 1. The van der Waals surface area contributed by atoms with Crippen molar-refractivity contribution < 1.29 is 4.79 Å². The molecule has 21 heavy (non-hydrogen) atoms. The van der Waals surface area contributed by atoms with Gasteiger partial charge in [-0.25, -0.2) is 4.98 Å². The van der Waals surface area contributed by atoms with Crippen LogP contribution in [0.1, 0.15) is 28.4 Å². The Morgan fingerprint density at radius 3 is 3.14 bits per heavy atom. The van der Waals surface area contributed by atoms with Crippen molar-refractivity contribution in [3.8, 4) is 0 Å². The number of carbonyl (C=O) groups is 1. The van der Waals surface area contributed by atoms with Gasteiger partial charge in [-0.15, -0.1) is 0 Å². The monoisotopic (exact) mass is 282 g/mol. The third kappa shape index (κ3) is 2.23. The Kier molecular flexibility index (Phi) is 3.00. The van der Waals surface area contributed by atoms with Crippen LogP contribution in [-0.4, -0.2) is 28.5 Å².